The fourth-order valence-corrected chi connectivity index (χ4v) is 0.554. The predicted molar refractivity (Wildman–Crippen MR) is 31.1 cm³/mol. The number of hydrogen-bond donors (Lipinski definition) is 1. The molecule has 0 atom stereocenters. The second-order valence-electron chi connectivity index (χ2n) is 1.36. The summed E-state index contributed by atoms with van der Waals surface area (Å²) in [5, 5.41) is 6.26. The molecule has 1 rings (SSSR count). The molecule has 0 aliphatic carbocycles. The van der Waals surface area contributed by atoms with Crippen LogP contribution in [0.25, 0.3) is 0 Å². The Kier molecular flexibility index (Phi) is 1.43. The van der Waals surface area contributed by atoms with Gasteiger partial charge < -0.3 is 4.42 Å². The highest BCUT2D eigenvalue weighted by atomic mass is 32.1. The van der Waals surface area contributed by atoms with Crippen molar-refractivity contribution in [3.05, 3.63) is 10.7 Å². The van der Waals surface area contributed by atoms with Crippen LogP contribution in [0.15, 0.2) is 4.42 Å². The average Bonchev–Trinajstić information content (AvgIpc) is 2.14. The third-order valence-electron chi connectivity index (χ3n) is 0.785. The summed E-state index contributed by atoms with van der Waals surface area (Å²) >= 11 is 4.61. The van der Waals surface area contributed by atoms with Gasteiger partial charge in [0.15, 0.2) is 0 Å². The molecule has 4 heteroatoms. The highest BCUT2D eigenvalue weighted by molar-refractivity contribution is 7.71. The highest BCUT2D eigenvalue weighted by Crippen LogP contribution is 1.92. The topological polar surface area (TPSA) is 41.8 Å². The van der Waals surface area contributed by atoms with Crippen LogP contribution in [0.4, 0.5) is 0 Å². The van der Waals surface area contributed by atoms with Gasteiger partial charge in [-0.1, -0.05) is 6.92 Å². The molecule has 0 saturated carbocycles. The van der Waals surface area contributed by atoms with Crippen LogP contribution in [-0.2, 0) is 6.42 Å². The molecule has 0 aromatic carbocycles. The van der Waals surface area contributed by atoms with E-state index in [0.717, 1.165) is 6.42 Å². The maximum atomic E-state index is 4.88. The van der Waals surface area contributed by atoms with E-state index in [2.05, 4.69) is 22.4 Å². The third kappa shape index (κ3) is 0.949. The lowest BCUT2D eigenvalue weighted by Gasteiger charge is -1.75. The fraction of sp³-hybridized carbons (Fsp3) is 0.500. The summed E-state index contributed by atoms with van der Waals surface area (Å²) in [6.07, 6.45) is 0.785. The Balaban J connectivity index is 3.01. The van der Waals surface area contributed by atoms with Crippen molar-refractivity contribution in [1.82, 2.24) is 10.2 Å². The zero-order chi connectivity index (χ0) is 5.98. The minimum Gasteiger partial charge on any atom is -0.414 e. The summed E-state index contributed by atoms with van der Waals surface area (Å²) in [7, 11) is 0. The summed E-state index contributed by atoms with van der Waals surface area (Å²) in [5.74, 6) is 0.662. The molecular formula is C4H6N2OS. The Morgan fingerprint density at radius 1 is 1.88 bits per heavy atom. The fourth-order valence-electron chi connectivity index (χ4n) is 0.412. The maximum Gasteiger partial charge on any atom is 0.284 e. The van der Waals surface area contributed by atoms with Gasteiger partial charge in [-0.25, -0.2) is 5.10 Å². The molecule has 0 spiro atoms. The van der Waals surface area contributed by atoms with Crippen LogP contribution in [0.5, 0.6) is 0 Å². The number of aromatic amines is 1. The molecule has 8 heavy (non-hydrogen) atoms. The van der Waals surface area contributed by atoms with Crippen molar-refractivity contribution < 1.29 is 4.42 Å². The van der Waals surface area contributed by atoms with Crippen molar-refractivity contribution in [2.45, 2.75) is 13.3 Å². The number of hydrogen-bond acceptors (Lipinski definition) is 3. The lowest BCUT2D eigenvalue weighted by atomic mass is 10.5. The summed E-state index contributed by atoms with van der Waals surface area (Å²) in [5.41, 5.74) is 0. The van der Waals surface area contributed by atoms with Crippen molar-refractivity contribution in [1.29, 1.82) is 0 Å². The monoisotopic (exact) mass is 130 g/mol. The van der Waals surface area contributed by atoms with Gasteiger partial charge in [0.05, 0.1) is 0 Å². The van der Waals surface area contributed by atoms with Crippen molar-refractivity contribution in [3.8, 4) is 0 Å². The molecule has 0 unspecified atom stereocenters. The summed E-state index contributed by atoms with van der Waals surface area (Å²) < 4.78 is 4.88. The molecule has 0 amide bonds. The Labute approximate surface area is 51.7 Å². The number of nitrogens with zero attached hydrogens (tertiary/aromatic N) is 1. The van der Waals surface area contributed by atoms with Gasteiger partial charge in [0.1, 0.15) is 0 Å². The first kappa shape index (κ1) is 5.50. The predicted octanol–water partition coefficient (Wildman–Crippen LogP) is 1.29. The zero-order valence-corrected chi connectivity index (χ0v) is 5.29. The molecule has 1 N–H and O–H groups in total. The van der Waals surface area contributed by atoms with Gasteiger partial charge in [0, 0.05) is 6.42 Å². The minimum atomic E-state index is 0.349. The summed E-state index contributed by atoms with van der Waals surface area (Å²) in [6.45, 7) is 1.95. The molecule has 0 bridgehead atoms. The normalized spacial score (nSPS) is 9.62. The number of aromatic nitrogens is 2. The molecule has 44 valence electrons. The van der Waals surface area contributed by atoms with Crippen LogP contribution in [-0.4, -0.2) is 10.2 Å². The minimum absolute atomic E-state index is 0.349. The van der Waals surface area contributed by atoms with Gasteiger partial charge in [0.25, 0.3) is 4.84 Å². The Morgan fingerprint density at radius 2 is 2.62 bits per heavy atom. The molecule has 3 nitrogen and oxygen atoms in total. The van der Waals surface area contributed by atoms with Gasteiger partial charge in [-0.2, -0.15) is 0 Å². The number of rotatable bonds is 1. The van der Waals surface area contributed by atoms with Crippen LogP contribution in [0.1, 0.15) is 12.8 Å². The Bertz CT molecular complexity index is 214. The van der Waals surface area contributed by atoms with Gasteiger partial charge >= 0.3 is 0 Å². The average molecular weight is 130 g/mol. The van der Waals surface area contributed by atoms with Gasteiger partial charge in [-0.15, -0.1) is 5.10 Å². The number of H-pyrrole nitrogens is 1. The van der Waals surface area contributed by atoms with E-state index < -0.39 is 0 Å². The summed E-state index contributed by atoms with van der Waals surface area (Å²) in [6, 6.07) is 0. The first-order valence-electron chi connectivity index (χ1n) is 2.37. The molecule has 0 aliphatic rings. The van der Waals surface area contributed by atoms with E-state index in [-0.39, 0.29) is 0 Å². The van der Waals surface area contributed by atoms with E-state index in [1.807, 2.05) is 6.92 Å². The van der Waals surface area contributed by atoms with Crippen molar-refractivity contribution in [2.24, 2.45) is 0 Å². The van der Waals surface area contributed by atoms with Gasteiger partial charge in [-0.05, 0) is 12.2 Å². The number of nitrogens with one attached hydrogen (secondary N) is 1. The largest absolute Gasteiger partial charge is 0.414 e. The van der Waals surface area contributed by atoms with Crippen LogP contribution >= 0.6 is 12.2 Å². The second kappa shape index (κ2) is 2.09. The Hall–Kier alpha value is -0.640. The second-order valence-corrected chi connectivity index (χ2v) is 1.73. The van der Waals surface area contributed by atoms with Crippen molar-refractivity contribution >= 4 is 12.2 Å². The van der Waals surface area contributed by atoms with Crippen LogP contribution < -0.4 is 0 Å². The molecule has 1 aromatic heterocycles. The first-order chi connectivity index (χ1) is 3.83. The molecule has 0 fully saturated rings. The molecule has 0 saturated heterocycles. The Morgan fingerprint density at radius 3 is 2.88 bits per heavy atom. The third-order valence-corrected chi connectivity index (χ3v) is 0.959. The summed E-state index contributed by atoms with van der Waals surface area (Å²) in [4.78, 5) is 0.349. The first-order valence-corrected chi connectivity index (χ1v) is 2.78. The highest BCUT2D eigenvalue weighted by Gasteiger charge is 1.90. The molecule has 1 aromatic rings. The van der Waals surface area contributed by atoms with E-state index >= 15 is 0 Å². The molecule has 0 aliphatic heterocycles. The molecule has 1 heterocycles. The zero-order valence-electron chi connectivity index (χ0n) is 4.47. The number of aryl methyl sites for hydroxylation is 1. The van der Waals surface area contributed by atoms with E-state index in [9.17, 15) is 0 Å². The van der Waals surface area contributed by atoms with Crippen LogP contribution in [0, 0.1) is 4.84 Å². The van der Waals surface area contributed by atoms with E-state index in [0.29, 0.717) is 10.7 Å². The van der Waals surface area contributed by atoms with Crippen LogP contribution in [0.2, 0.25) is 0 Å². The quantitative estimate of drug-likeness (QED) is 0.582. The lowest BCUT2D eigenvalue weighted by Crippen LogP contribution is -1.75. The van der Waals surface area contributed by atoms with Crippen molar-refractivity contribution in [3.63, 3.8) is 0 Å². The van der Waals surface area contributed by atoms with E-state index in [1.54, 1.807) is 0 Å². The van der Waals surface area contributed by atoms with Crippen LogP contribution in [0.3, 0.4) is 0 Å². The molecule has 0 radical (unpaired) electrons. The van der Waals surface area contributed by atoms with E-state index in [1.165, 1.54) is 0 Å². The van der Waals surface area contributed by atoms with Gasteiger partial charge in [-0.3, -0.25) is 0 Å². The lowest BCUT2D eigenvalue weighted by molar-refractivity contribution is 0.487. The van der Waals surface area contributed by atoms with Crippen molar-refractivity contribution in [2.75, 3.05) is 0 Å². The molecular weight excluding hydrogens is 124 g/mol. The standard InChI is InChI=1S/C4H6N2OS/c1-2-3-5-6-4(8)7-3/h2H2,1H3,(H,6,8). The van der Waals surface area contributed by atoms with Gasteiger partial charge in [0.2, 0.25) is 5.89 Å². The van der Waals surface area contributed by atoms with E-state index in [4.69, 9.17) is 4.42 Å². The maximum absolute atomic E-state index is 4.88. The SMILES string of the molecule is CCc1n[nH]c(=S)o1. The smallest absolute Gasteiger partial charge is 0.284 e.